The number of hydrogen-bond donors (Lipinski definition) is 2. The van der Waals surface area contributed by atoms with E-state index in [9.17, 15) is 9.67 Å². The minimum absolute atomic E-state index is 0.191. The van der Waals surface area contributed by atoms with Gasteiger partial charge in [-0.05, 0) is 34.1 Å². The highest BCUT2D eigenvalue weighted by Crippen LogP contribution is 2.47. The second-order valence-corrected chi connectivity index (χ2v) is 8.26. The molecule has 0 radical (unpaired) electrons. The average molecular weight is 370 g/mol. The number of aliphatic hydroxyl groups excluding tert-OH is 2. The molecule has 0 saturated heterocycles. The summed E-state index contributed by atoms with van der Waals surface area (Å²) < 4.78 is 34.2. The third-order valence-electron chi connectivity index (χ3n) is 3.52. The Kier molecular flexibility index (Phi) is 12.4. The topological polar surface area (TPSA) is 94.5 Å². The van der Waals surface area contributed by atoms with Crippen LogP contribution in [0, 0.1) is 0 Å². The average Bonchev–Trinajstić information content (AvgIpc) is 2.51. The van der Waals surface area contributed by atoms with E-state index in [0.717, 1.165) is 12.8 Å². The molecular weight excluding hydrogens is 335 g/mol. The van der Waals surface area contributed by atoms with Crippen molar-refractivity contribution in [3.63, 3.8) is 0 Å². The Balaban J connectivity index is 4.42. The third kappa shape index (κ3) is 9.47. The molecule has 0 saturated carbocycles. The minimum Gasteiger partial charge on any atom is -0.394 e. The molecule has 7 nitrogen and oxygen atoms in total. The van der Waals surface area contributed by atoms with Crippen molar-refractivity contribution in [2.24, 2.45) is 0 Å². The van der Waals surface area contributed by atoms with Crippen LogP contribution in [0.25, 0.3) is 0 Å². The number of aliphatic hydroxyl groups is 2. The van der Waals surface area contributed by atoms with Gasteiger partial charge in [-0.15, -0.1) is 0 Å². The highest BCUT2D eigenvalue weighted by molar-refractivity contribution is 7.53. The summed E-state index contributed by atoms with van der Waals surface area (Å²) in [6.45, 7) is 9.88. The van der Waals surface area contributed by atoms with Gasteiger partial charge in [-0.1, -0.05) is 13.3 Å². The van der Waals surface area contributed by atoms with Gasteiger partial charge in [0.15, 0.2) is 0 Å². The number of ether oxygens (including phenoxy) is 2. The van der Waals surface area contributed by atoms with Gasteiger partial charge in [0.05, 0.1) is 50.9 Å². The standard InChI is InChI=1S/C16H35O7P/c1-6-9-14(23-16(4,5)15(18)12-17)13-20-10-11-24(19,21-7-2)22-8-3/h14-15,17-18H,6-13H2,1-5H3. The smallest absolute Gasteiger partial charge is 0.332 e. The van der Waals surface area contributed by atoms with E-state index in [1.807, 2.05) is 6.92 Å². The third-order valence-corrected chi connectivity index (χ3v) is 5.55. The summed E-state index contributed by atoms with van der Waals surface area (Å²) in [5.41, 5.74) is -0.871. The fourth-order valence-electron chi connectivity index (χ4n) is 2.18. The van der Waals surface area contributed by atoms with Crippen LogP contribution in [0.5, 0.6) is 0 Å². The molecule has 8 heteroatoms. The Hall–Kier alpha value is -0.0100. The number of hydrogen-bond acceptors (Lipinski definition) is 7. The molecule has 0 fully saturated rings. The van der Waals surface area contributed by atoms with Gasteiger partial charge in [0.25, 0.3) is 0 Å². The van der Waals surface area contributed by atoms with Crippen molar-refractivity contribution in [2.45, 2.75) is 65.3 Å². The summed E-state index contributed by atoms with van der Waals surface area (Å²) in [7, 11) is -3.10. The van der Waals surface area contributed by atoms with Gasteiger partial charge >= 0.3 is 7.60 Å². The fourth-order valence-corrected chi connectivity index (χ4v) is 3.65. The lowest BCUT2D eigenvalue weighted by atomic mass is 10.0. The highest BCUT2D eigenvalue weighted by atomic mass is 31.2. The summed E-state index contributed by atoms with van der Waals surface area (Å²) >= 11 is 0. The van der Waals surface area contributed by atoms with E-state index in [2.05, 4.69) is 0 Å². The van der Waals surface area contributed by atoms with E-state index in [-0.39, 0.29) is 25.5 Å². The molecule has 0 rings (SSSR count). The summed E-state index contributed by atoms with van der Waals surface area (Å²) in [6.07, 6.45) is 0.667. The van der Waals surface area contributed by atoms with Crippen molar-refractivity contribution in [1.29, 1.82) is 0 Å². The maximum absolute atomic E-state index is 12.3. The van der Waals surface area contributed by atoms with Gasteiger partial charge < -0.3 is 28.7 Å². The fraction of sp³-hybridized carbons (Fsp3) is 1.00. The van der Waals surface area contributed by atoms with E-state index in [1.54, 1.807) is 27.7 Å². The molecule has 0 aromatic carbocycles. The normalized spacial score (nSPS) is 15.5. The first kappa shape index (κ1) is 24.0. The molecule has 0 aromatic rings. The van der Waals surface area contributed by atoms with Crippen LogP contribution in [0.1, 0.15) is 47.5 Å². The molecule has 0 aliphatic heterocycles. The van der Waals surface area contributed by atoms with E-state index in [4.69, 9.17) is 23.6 Å². The highest BCUT2D eigenvalue weighted by Gasteiger charge is 2.31. The minimum atomic E-state index is -3.10. The predicted octanol–water partition coefficient (Wildman–Crippen LogP) is 2.59. The van der Waals surface area contributed by atoms with Gasteiger partial charge in [-0.25, -0.2) is 0 Å². The van der Waals surface area contributed by atoms with Gasteiger partial charge in [-0.2, -0.15) is 0 Å². The van der Waals surface area contributed by atoms with E-state index >= 15 is 0 Å². The SMILES string of the molecule is CCCC(COCCP(=O)(OCC)OCC)OC(C)(C)C(O)CO. The Bertz CT molecular complexity index is 352. The van der Waals surface area contributed by atoms with Crippen LogP contribution >= 0.6 is 7.60 Å². The van der Waals surface area contributed by atoms with Crippen LogP contribution in [-0.2, 0) is 23.1 Å². The van der Waals surface area contributed by atoms with Gasteiger partial charge in [0.1, 0.15) is 6.10 Å². The Morgan fingerprint density at radius 2 is 1.71 bits per heavy atom. The molecule has 2 atom stereocenters. The zero-order valence-electron chi connectivity index (χ0n) is 15.7. The summed E-state index contributed by atoms with van der Waals surface area (Å²) in [5, 5.41) is 18.9. The lowest BCUT2D eigenvalue weighted by Gasteiger charge is -2.34. The predicted molar refractivity (Wildman–Crippen MR) is 93.5 cm³/mol. The monoisotopic (exact) mass is 370 g/mol. The molecule has 0 aliphatic carbocycles. The Morgan fingerprint density at radius 3 is 2.17 bits per heavy atom. The van der Waals surface area contributed by atoms with E-state index < -0.39 is 19.3 Å². The molecule has 146 valence electrons. The van der Waals surface area contributed by atoms with Gasteiger partial charge in [0.2, 0.25) is 0 Å². The molecule has 0 heterocycles. The molecule has 0 amide bonds. The summed E-state index contributed by atoms with van der Waals surface area (Å²) in [5.74, 6) is 0. The molecule has 2 N–H and O–H groups in total. The second-order valence-electron chi connectivity index (χ2n) is 6.08. The van der Waals surface area contributed by atoms with E-state index in [0.29, 0.717) is 19.8 Å². The zero-order chi connectivity index (χ0) is 18.6. The van der Waals surface area contributed by atoms with Crippen molar-refractivity contribution in [3.05, 3.63) is 0 Å². The maximum atomic E-state index is 12.3. The summed E-state index contributed by atoms with van der Waals surface area (Å²) in [4.78, 5) is 0. The van der Waals surface area contributed by atoms with Crippen LogP contribution in [0.2, 0.25) is 0 Å². The van der Waals surface area contributed by atoms with Crippen LogP contribution in [0.15, 0.2) is 0 Å². The van der Waals surface area contributed by atoms with Gasteiger partial charge in [0, 0.05) is 0 Å². The maximum Gasteiger partial charge on any atom is 0.332 e. The first-order chi connectivity index (χ1) is 11.2. The van der Waals surface area contributed by atoms with Gasteiger partial charge in [-0.3, -0.25) is 4.57 Å². The molecule has 0 aromatic heterocycles. The molecule has 0 spiro atoms. The van der Waals surface area contributed by atoms with Crippen molar-refractivity contribution in [2.75, 3.05) is 39.2 Å². The Labute approximate surface area is 146 Å². The largest absolute Gasteiger partial charge is 0.394 e. The second kappa shape index (κ2) is 12.4. The Morgan fingerprint density at radius 1 is 1.12 bits per heavy atom. The van der Waals surface area contributed by atoms with E-state index in [1.165, 1.54) is 0 Å². The zero-order valence-corrected chi connectivity index (χ0v) is 16.6. The van der Waals surface area contributed by atoms with Crippen LogP contribution < -0.4 is 0 Å². The van der Waals surface area contributed by atoms with Crippen LogP contribution in [-0.4, -0.2) is 67.2 Å². The van der Waals surface area contributed by atoms with Crippen molar-refractivity contribution >= 4 is 7.60 Å². The molecule has 24 heavy (non-hydrogen) atoms. The van der Waals surface area contributed by atoms with Crippen molar-refractivity contribution < 1.29 is 33.3 Å². The van der Waals surface area contributed by atoms with Crippen LogP contribution in [0.3, 0.4) is 0 Å². The molecule has 0 bridgehead atoms. The summed E-state index contributed by atoms with van der Waals surface area (Å²) in [6, 6.07) is 0. The molecule has 0 aliphatic rings. The molecular formula is C16H35O7P. The lowest BCUT2D eigenvalue weighted by molar-refractivity contribution is -0.161. The first-order valence-corrected chi connectivity index (χ1v) is 10.4. The number of rotatable bonds is 15. The first-order valence-electron chi connectivity index (χ1n) is 8.67. The van der Waals surface area contributed by atoms with Crippen LogP contribution in [0.4, 0.5) is 0 Å². The lowest BCUT2D eigenvalue weighted by Crippen LogP contribution is -2.45. The van der Waals surface area contributed by atoms with Crippen molar-refractivity contribution in [3.8, 4) is 0 Å². The quantitative estimate of drug-likeness (QED) is 0.338. The van der Waals surface area contributed by atoms with Crippen molar-refractivity contribution in [1.82, 2.24) is 0 Å². The molecule has 2 unspecified atom stereocenters.